The number of ether oxygens (including phenoxy) is 1. The van der Waals surface area contributed by atoms with Crippen molar-refractivity contribution in [3.05, 3.63) is 35.4 Å². The highest BCUT2D eigenvalue weighted by Crippen LogP contribution is 2.12. The molecule has 1 aromatic rings. The van der Waals surface area contributed by atoms with E-state index >= 15 is 0 Å². The van der Waals surface area contributed by atoms with Gasteiger partial charge in [0.1, 0.15) is 0 Å². The summed E-state index contributed by atoms with van der Waals surface area (Å²) < 4.78 is 5.32. The molecule has 1 heterocycles. The molecule has 1 aliphatic rings. The number of carbonyl (C=O) groups is 1. The molecule has 1 saturated heterocycles. The van der Waals surface area contributed by atoms with Crippen LogP contribution in [-0.4, -0.2) is 36.8 Å². The van der Waals surface area contributed by atoms with Crippen molar-refractivity contribution >= 4 is 5.91 Å². The first-order valence-electron chi connectivity index (χ1n) is 7.00. The van der Waals surface area contributed by atoms with Crippen molar-refractivity contribution in [1.29, 1.82) is 0 Å². The fraction of sp³-hybridized carbons (Fsp3) is 0.533. The van der Waals surface area contributed by atoms with Crippen LogP contribution in [0.3, 0.4) is 0 Å². The molecule has 2 atom stereocenters. The van der Waals surface area contributed by atoms with Crippen molar-refractivity contribution in [1.82, 2.24) is 10.6 Å². The van der Waals surface area contributed by atoms with E-state index in [4.69, 9.17) is 4.74 Å². The van der Waals surface area contributed by atoms with Gasteiger partial charge in [0.2, 0.25) is 5.91 Å². The monoisotopic (exact) mass is 278 g/mol. The Morgan fingerprint density at radius 1 is 1.50 bits per heavy atom. The first kappa shape index (κ1) is 15.0. The topological polar surface area (TPSA) is 70.6 Å². The first-order valence-corrected chi connectivity index (χ1v) is 7.00. The number of nitrogens with one attached hydrogen (secondary N) is 2. The number of aliphatic hydroxyl groups is 1. The number of morpholine rings is 1. The minimum absolute atomic E-state index is 0.0209. The highest BCUT2D eigenvalue weighted by molar-refractivity contribution is 5.76. The maximum absolute atomic E-state index is 11.8. The van der Waals surface area contributed by atoms with E-state index in [0.717, 1.165) is 17.7 Å². The second-order valence-electron chi connectivity index (χ2n) is 5.12. The zero-order valence-electron chi connectivity index (χ0n) is 11.8. The number of hydrogen-bond donors (Lipinski definition) is 3. The average Bonchev–Trinajstić information content (AvgIpc) is 2.46. The van der Waals surface area contributed by atoms with E-state index in [1.54, 1.807) is 6.92 Å². The van der Waals surface area contributed by atoms with E-state index in [1.165, 1.54) is 0 Å². The standard InChI is InChI=1S/C15H22N2O3/c1-11(18)13-4-2-12(3-5-13)9-17-15(19)8-14-10-20-7-6-16-14/h2-5,11,14,16,18H,6-10H2,1H3,(H,17,19). The van der Waals surface area contributed by atoms with Crippen LogP contribution in [0.15, 0.2) is 24.3 Å². The molecule has 0 spiro atoms. The molecule has 0 bridgehead atoms. The van der Waals surface area contributed by atoms with Crippen molar-refractivity contribution in [2.24, 2.45) is 0 Å². The zero-order chi connectivity index (χ0) is 14.4. The summed E-state index contributed by atoms with van der Waals surface area (Å²) in [5.41, 5.74) is 1.90. The molecule has 5 nitrogen and oxygen atoms in total. The highest BCUT2D eigenvalue weighted by Gasteiger charge is 2.16. The third kappa shape index (κ3) is 4.59. The Bertz CT molecular complexity index is 425. The van der Waals surface area contributed by atoms with Crippen LogP contribution in [0, 0.1) is 0 Å². The van der Waals surface area contributed by atoms with E-state index in [1.807, 2.05) is 24.3 Å². The minimum Gasteiger partial charge on any atom is -0.389 e. The van der Waals surface area contributed by atoms with Crippen LogP contribution in [0.2, 0.25) is 0 Å². The van der Waals surface area contributed by atoms with Crippen LogP contribution in [0.1, 0.15) is 30.6 Å². The van der Waals surface area contributed by atoms with Gasteiger partial charge in [-0.25, -0.2) is 0 Å². The van der Waals surface area contributed by atoms with Crippen LogP contribution in [0.5, 0.6) is 0 Å². The van der Waals surface area contributed by atoms with Crippen molar-refractivity contribution in [2.75, 3.05) is 19.8 Å². The summed E-state index contributed by atoms with van der Waals surface area (Å²) in [6.07, 6.45) is -0.0258. The van der Waals surface area contributed by atoms with Gasteiger partial charge in [-0.05, 0) is 18.1 Å². The van der Waals surface area contributed by atoms with E-state index in [2.05, 4.69) is 10.6 Å². The number of benzene rings is 1. The number of aliphatic hydroxyl groups excluding tert-OH is 1. The quantitative estimate of drug-likeness (QED) is 0.743. The molecular formula is C15H22N2O3. The number of rotatable bonds is 5. The molecule has 5 heteroatoms. The number of amides is 1. The molecule has 3 N–H and O–H groups in total. The van der Waals surface area contributed by atoms with E-state index in [9.17, 15) is 9.90 Å². The van der Waals surface area contributed by atoms with Crippen molar-refractivity contribution < 1.29 is 14.6 Å². The fourth-order valence-electron chi connectivity index (χ4n) is 2.16. The summed E-state index contributed by atoms with van der Waals surface area (Å²) >= 11 is 0. The van der Waals surface area contributed by atoms with Gasteiger partial charge in [0, 0.05) is 25.6 Å². The van der Waals surface area contributed by atoms with Gasteiger partial charge >= 0.3 is 0 Å². The number of carbonyl (C=O) groups excluding carboxylic acids is 1. The lowest BCUT2D eigenvalue weighted by Crippen LogP contribution is -2.44. The van der Waals surface area contributed by atoms with Gasteiger partial charge in [-0.1, -0.05) is 24.3 Å². The SMILES string of the molecule is CC(O)c1ccc(CNC(=O)CC2COCCN2)cc1. The smallest absolute Gasteiger partial charge is 0.221 e. The van der Waals surface area contributed by atoms with Gasteiger partial charge in [-0.2, -0.15) is 0 Å². The average molecular weight is 278 g/mol. The second-order valence-corrected chi connectivity index (χ2v) is 5.12. The molecule has 1 aliphatic heterocycles. The summed E-state index contributed by atoms with van der Waals surface area (Å²) in [4.78, 5) is 11.8. The third-order valence-electron chi connectivity index (χ3n) is 3.38. The van der Waals surface area contributed by atoms with Gasteiger partial charge in [-0.3, -0.25) is 4.79 Å². The Hall–Kier alpha value is -1.43. The first-order chi connectivity index (χ1) is 9.65. The molecule has 1 amide bonds. The van der Waals surface area contributed by atoms with Gasteiger partial charge < -0.3 is 20.5 Å². The molecule has 2 unspecified atom stereocenters. The molecule has 0 radical (unpaired) electrons. The lowest BCUT2D eigenvalue weighted by atomic mass is 10.1. The normalized spacial score (nSPS) is 20.4. The van der Waals surface area contributed by atoms with Crippen LogP contribution in [0.4, 0.5) is 0 Å². The summed E-state index contributed by atoms with van der Waals surface area (Å²) in [5, 5.41) is 15.6. The lowest BCUT2D eigenvalue weighted by molar-refractivity contribution is -0.122. The molecule has 0 saturated carbocycles. The number of hydrogen-bond acceptors (Lipinski definition) is 4. The Morgan fingerprint density at radius 2 is 2.25 bits per heavy atom. The van der Waals surface area contributed by atoms with Crippen LogP contribution < -0.4 is 10.6 Å². The molecule has 1 aromatic carbocycles. The molecule has 0 aliphatic carbocycles. The van der Waals surface area contributed by atoms with Gasteiger partial charge in [-0.15, -0.1) is 0 Å². The maximum Gasteiger partial charge on any atom is 0.221 e. The van der Waals surface area contributed by atoms with Crippen molar-refractivity contribution in [2.45, 2.75) is 32.0 Å². The van der Waals surface area contributed by atoms with E-state index in [0.29, 0.717) is 26.2 Å². The Kier molecular flexibility index (Phi) is 5.52. The summed E-state index contributed by atoms with van der Waals surface area (Å²) in [6, 6.07) is 7.71. The minimum atomic E-state index is -0.462. The second kappa shape index (κ2) is 7.38. The van der Waals surface area contributed by atoms with Crippen molar-refractivity contribution in [3.8, 4) is 0 Å². The molecular weight excluding hydrogens is 256 g/mol. The lowest BCUT2D eigenvalue weighted by Gasteiger charge is -2.23. The molecule has 1 fully saturated rings. The Balaban J connectivity index is 1.74. The molecule has 2 rings (SSSR count). The van der Waals surface area contributed by atoms with E-state index < -0.39 is 6.10 Å². The summed E-state index contributed by atoms with van der Waals surface area (Å²) in [7, 11) is 0. The molecule has 0 aromatic heterocycles. The predicted molar refractivity (Wildman–Crippen MR) is 76.1 cm³/mol. The summed E-state index contributed by atoms with van der Waals surface area (Å²) in [6.45, 7) is 4.35. The fourth-order valence-corrected chi connectivity index (χ4v) is 2.16. The van der Waals surface area contributed by atoms with Crippen LogP contribution in [-0.2, 0) is 16.1 Å². The Morgan fingerprint density at radius 3 is 2.85 bits per heavy atom. The third-order valence-corrected chi connectivity index (χ3v) is 3.38. The summed E-state index contributed by atoms with van der Waals surface area (Å²) in [5.74, 6) is 0.0209. The van der Waals surface area contributed by atoms with Gasteiger partial charge in [0.25, 0.3) is 0 Å². The van der Waals surface area contributed by atoms with Crippen molar-refractivity contribution in [3.63, 3.8) is 0 Å². The molecule has 110 valence electrons. The maximum atomic E-state index is 11.8. The Labute approximate surface area is 119 Å². The van der Waals surface area contributed by atoms with Crippen LogP contribution in [0.25, 0.3) is 0 Å². The van der Waals surface area contributed by atoms with E-state index in [-0.39, 0.29) is 11.9 Å². The molecule has 20 heavy (non-hydrogen) atoms. The van der Waals surface area contributed by atoms with Gasteiger partial charge in [0.15, 0.2) is 0 Å². The largest absolute Gasteiger partial charge is 0.389 e. The zero-order valence-corrected chi connectivity index (χ0v) is 11.8. The highest BCUT2D eigenvalue weighted by atomic mass is 16.5. The van der Waals surface area contributed by atoms with Crippen LogP contribution >= 0.6 is 0 Å². The van der Waals surface area contributed by atoms with Gasteiger partial charge in [0.05, 0.1) is 19.3 Å². The predicted octanol–water partition coefficient (Wildman–Crippen LogP) is 0.735.